The van der Waals surface area contributed by atoms with Crippen LogP contribution in [0.2, 0.25) is 5.02 Å². The summed E-state index contributed by atoms with van der Waals surface area (Å²) < 4.78 is 43.7. The van der Waals surface area contributed by atoms with Crippen molar-refractivity contribution in [1.29, 1.82) is 0 Å². The number of pyridine rings is 1. The number of aryl methyl sites for hydroxylation is 1. The monoisotopic (exact) mass is 436 g/mol. The van der Waals surface area contributed by atoms with E-state index in [1.54, 1.807) is 23.1 Å². The number of anilines is 1. The molecular weight excluding hydrogens is 421 g/mol. The van der Waals surface area contributed by atoms with Gasteiger partial charge in [0.1, 0.15) is 11.4 Å². The van der Waals surface area contributed by atoms with Gasteiger partial charge in [-0.2, -0.15) is 5.10 Å². The molecule has 0 fully saturated rings. The van der Waals surface area contributed by atoms with Gasteiger partial charge in [-0.1, -0.05) is 11.6 Å². The van der Waals surface area contributed by atoms with Gasteiger partial charge in [-0.25, -0.2) is 0 Å². The van der Waals surface area contributed by atoms with Crippen molar-refractivity contribution in [3.8, 4) is 16.9 Å². The van der Waals surface area contributed by atoms with Crippen LogP contribution in [0.3, 0.4) is 0 Å². The van der Waals surface area contributed by atoms with Crippen molar-refractivity contribution in [3.63, 3.8) is 0 Å². The Bertz CT molecular complexity index is 1130. The van der Waals surface area contributed by atoms with E-state index in [-0.39, 0.29) is 29.2 Å². The highest BCUT2D eigenvalue weighted by molar-refractivity contribution is 6.32. The maximum absolute atomic E-state index is 13.3. The highest BCUT2D eigenvalue weighted by Gasteiger charge is 2.35. The molecule has 4 rings (SSSR count). The molecular formula is C20H16ClF3N4O2. The first-order valence-corrected chi connectivity index (χ1v) is 9.39. The van der Waals surface area contributed by atoms with Crippen LogP contribution in [-0.2, 0) is 0 Å². The number of benzene rings is 1. The van der Waals surface area contributed by atoms with Crippen molar-refractivity contribution in [2.75, 3.05) is 11.4 Å². The predicted molar refractivity (Wildman–Crippen MR) is 105 cm³/mol. The molecule has 1 aromatic carbocycles. The number of alkyl halides is 3. The standard InChI is InChI=1S/C20H16ClF3N4O2/c1-11-7-13(5-6-25-11)15-9-26-28-12(2)10-27(19(29)18(15)28)14-3-4-16(21)17(8-14)30-20(22,23)24/h3-9,12H,10H2,1-2H3/t12-/m0/s1. The summed E-state index contributed by atoms with van der Waals surface area (Å²) in [5, 5.41) is 4.15. The van der Waals surface area contributed by atoms with Crippen LogP contribution in [0.15, 0.2) is 42.7 Å². The summed E-state index contributed by atoms with van der Waals surface area (Å²) in [4.78, 5) is 18.9. The highest BCUT2D eigenvalue weighted by atomic mass is 35.5. The Morgan fingerprint density at radius 1 is 1.23 bits per heavy atom. The van der Waals surface area contributed by atoms with Gasteiger partial charge in [-0.05, 0) is 43.7 Å². The van der Waals surface area contributed by atoms with E-state index in [0.29, 0.717) is 11.3 Å². The van der Waals surface area contributed by atoms with Gasteiger partial charge in [-0.15, -0.1) is 13.2 Å². The molecule has 0 unspecified atom stereocenters. The molecule has 30 heavy (non-hydrogen) atoms. The third-order valence-electron chi connectivity index (χ3n) is 4.77. The smallest absolute Gasteiger partial charge is 0.404 e. The molecule has 1 atom stereocenters. The number of hydrogen-bond acceptors (Lipinski definition) is 4. The Balaban J connectivity index is 1.76. The van der Waals surface area contributed by atoms with E-state index in [1.807, 2.05) is 19.9 Å². The van der Waals surface area contributed by atoms with E-state index in [4.69, 9.17) is 11.6 Å². The van der Waals surface area contributed by atoms with E-state index >= 15 is 0 Å². The first-order chi connectivity index (χ1) is 14.1. The Morgan fingerprint density at radius 3 is 2.70 bits per heavy atom. The molecule has 3 aromatic rings. The Hall–Kier alpha value is -3.07. The van der Waals surface area contributed by atoms with Crippen molar-refractivity contribution in [2.24, 2.45) is 0 Å². The molecule has 156 valence electrons. The molecule has 0 bridgehead atoms. The van der Waals surface area contributed by atoms with Crippen LogP contribution in [0.25, 0.3) is 11.1 Å². The zero-order valence-electron chi connectivity index (χ0n) is 15.9. The Labute approximate surface area is 174 Å². The summed E-state index contributed by atoms with van der Waals surface area (Å²) in [6.07, 6.45) is -1.64. The average Bonchev–Trinajstić information content (AvgIpc) is 3.11. The predicted octanol–water partition coefficient (Wildman–Crippen LogP) is 5.03. The van der Waals surface area contributed by atoms with E-state index in [1.165, 1.54) is 17.0 Å². The van der Waals surface area contributed by atoms with E-state index in [9.17, 15) is 18.0 Å². The van der Waals surface area contributed by atoms with Gasteiger partial charge >= 0.3 is 6.36 Å². The summed E-state index contributed by atoms with van der Waals surface area (Å²) in [6, 6.07) is 7.29. The third-order valence-corrected chi connectivity index (χ3v) is 5.08. The quantitative estimate of drug-likeness (QED) is 0.578. The Morgan fingerprint density at radius 2 is 2.00 bits per heavy atom. The van der Waals surface area contributed by atoms with Crippen LogP contribution in [0.1, 0.15) is 29.1 Å². The molecule has 2 aromatic heterocycles. The zero-order valence-corrected chi connectivity index (χ0v) is 16.7. The molecule has 3 heterocycles. The van der Waals surface area contributed by atoms with Gasteiger partial charge in [0.15, 0.2) is 0 Å². The fraction of sp³-hybridized carbons (Fsp3) is 0.250. The summed E-state index contributed by atoms with van der Waals surface area (Å²) in [7, 11) is 0. The number of rotatable bonds is 3. The number of nitrogens with zero attached hydrogens (tertiary/aromatic N) is 4. The molecule has 0 saturated heterocycles. The topological polar surface area (TPSA) is 60.2 Å². The molecule has 1 aliphatic heterocycles. The zero-order chi connectivity index (χ0) is 21.6. The molecule has 0 radical (unpaired) electrons. The number of aromatic nitrogens is 3. The first kappa shape index (κ1) is 20.2. The maximum Gasteiger partial charge on any atom is 0.573 e. The molecule has 0 spiro atoms. The second kappa shape index (κ2) is 7.32. The lowest BCUT2D eigenvalue weighted by Crippen LogP contribution is -2.42. The largest absolute Gasteiger partial charge is 0.573 e. The molecule has 0 N–H and O–H groups in total. The van der Waals surface area contributed by atoms with Crippen LogP contribution < -0.4 is 9.64 Å². The Kier molecular flexibility index (Phi) is 4.93. The molecule has 1 amide bonds. The van der Waals surface area contributed by atoms with Gasteiger partial charge in [0, 0.05) is 35.8 Å². The van der Waals surface area contributed by atoms with Crippen LogP contribution in [0.5, 0.6) is 5.75 Å². The van der Waals surface area contributed by atoms with Gasteiger partial charge in [0.25, 0.3) is 5.91 Å². The number of amides is 1. The SMILES string of the molecule is Cc1cc(-c2cnn3c2C(=O)N(c2ccc(Cl)c(OC(F)(F)F)c2)C[C@@H]3C)ccn1. The molecule has 0 aliphatic carbocycles. The van der Waals surface area contributed by atoms with Crippen molar-refractivity contribution in [1.82, 2.24) is 14.8 Å². The highest BCUT2D eigenvalue weighted by Crippen LogP contribution is 2.37. The number of halogens is 4. The van der Waals surface area contributed by atoms with Crippen molar-refractivity contribution in [3.05, 3.63) is 59.1 Å². The summed E-state index contributed by atoms with van der Waals surface area (Å²) >= 11 is 5.84. The van der Waals surface area contributed by atoms with Crippen LogP contribution in [-0.4, -0.2) is 33.6 Å². The second-order valence-corrected chi connectivity index (χ2v) is 7.37. The number of hydrogen-bond donors (Lipinski definition) is 0. The summed E-state index contributed by atoms with van der Waals surface area (Å²) in [5.41, 5.74) is 2.80. The normalized spacial score (nSPS) is 16.5. The van der Waals surface area contributed by atoms with Gasteiger partial charge in [0.2, 0.25) is 0 Å². The average molecular weight is 437 g/mol. The second-order valence-electron chi connectivity index (χ2n) is 6.96. The number of carbonyl (C=O) groups is 1. The van der Waals surface area contributed by atoms with Crippen LogP contribution >= 0.6 is 11.6 Å². The molecule has 10 heteroatoms. The molecule has 6 nitrogen and oxygen atoms in total. The first-order valence-electron chi connectivity index (χ1n) is 9.02. The third kappa shape index (κ3) is 3.72. The van der Waals surface area contributed by atoms with Gasteiger partial charge < -0.3 is 9.64 Å². The summed E-state index contributed by atoms with van der Waals surface area (Å²) in [6.45, 7) is 3.95. The van der Waals surface area contributed by atoms with Crippen LogP contribution in [0.4, 0.5) is 18.9 Å². The van der Waals surface area contributed by atoms with Gasteiger partial charge in [0.05, 0.1) is 17.3 Å². The summed E-state index contributed by atoms with van der Waals surface area (Å²) in [5.74, 6) is -0.943. The minimum Gasteiger partial charge on any atom is -0.404 e. The van der Waals surface area contributed by atoms with Gasteiger partial charge in [-0.3, -0.25) is 14.5 Å². The fourth-order valence-corrected chi connectivity index (χ4v) is 3.63. The fourth-order valence-electron chi connectivity index (χ4n) is 3.47. The van der Waals surface area contributed by atoms with Crippen molar-refractivity contribution >= 4 is 23.2 Å². The molecule has 1 aliphatic rings. The number of fused-ring (bicyclic) bond motifs is 1. The van der Waals surface area contributed by atoms with E-state index < -0.39 is 12.1 Å². The number of carbonyl (C=O) groups excluding carboxylic acids is 1. The molecule has 0 saturated carbocycles. The van der Waals surface area contributed by atoms with E-state index in [2.05, 4.69) is 14.8 Å². The number of ether oxygens (including phenoxy) is 1. The van der Waals surface area contributed by atoms with Crippen molar-refractivity contribution in [2.45, 2.75) is 26.3 Å². The lowest BCUT2D eigenvalue weighted by Gasteiger charge is -2.32. The maximum atomic E-state index is 13.3. The lowest BCUT2D eigenvalue weighted by molar-refractivity contribution is -0.274. The lowest BCUT2D eigenvalue weighted by atomic mass is 10.0. The minimum absolute atomic E-state index is 0.197. The van der Waals surface area contributed by atoms with Crippen molar-refractivity contribution < 1.29 is 22.7 Å². The minimum atomic E-state index is -4.90. The van der Waals surface area contributed by atoms with Crippen LogP contribution in [0, 0.1) is 6.92 Å². The van der Waals surface area contributed by atoms with E-state index in [0.717, 1.165) is 17.3 Å².